The number of aromatic nitrogens is 3. The molecule has 3 aliphatic heterocycles. The lowest BCUT2D eigenvalue weighted by Gasteiger charge is -2.39. The van der Waals surface area contributed by atoms with Crippen LogP contribution in [0.3, 0.4) is 0 Å². The molecule has 1 aromatic carbocycles. The molecule has 2 fully saturated rings. The molecule has 5 heterocycles. The minimum Gasteiger partial charge on any atom is -0.487 e. The zero-order chi connectivity index (χ0) is 24.2. The average Bonchev–Trinajstić information content (AvgIpc) is 3.54. The van der Waals surface area contributed by atoms with Crippen molar-refractivity contribution in [1.82, 2.24) is 24.8 Å². The first kappa shape index (κ1) is 21.8. The third kappa shape index (κ3) is 3.97. The van der Waals surface area contributed by atoms with Gasteiger partial charge in [-0.05, 0) is 32.4 Å². The highest BCUT2D eigenvalue weighted by Crippen LogP contribution is 2.42. The number of hydrogen-bond acceptors (Lipinski definition) is 7. The number of amides is 2. The molecule has 0 bridgehead atoms. The summed E-state index contributed by atoms with van der Waals surface area (Å²) in [4.78, 5) is 34.3. The number of anilines is 2. The van der Waals surface area contributed by atoms with Crippen molar-refractivity contribution in [2.24, 2.45) is 0 Å². The molecule has 0 spiro atoms. The van der Waals surface area contributed by atoms with E-state index in [1.807, 2.05) is 12.1 Å². The van der Waals surface area contributed by atoms with Gasteiger partial charge in [0.25, 0.3) is 5.91 Å². The average molecular weight is 476 g/mol. The molecule has 3 aromatic rings. The number of ether oxygens (including phenoxy) is 1. The lowest BCUT2D eigenvalue weighted by atomic mass is 10.0. The van der Waals surface area contributed by atoms with Gasteiger partial charge in [-0.2, -0.15) is 5.10 Å². The lowest BCUT2D eigenvalue weighted by molar-refractivity contribution is -0.123. The first-order valence-corrected chi connectivity index (χ1v) is 12.1. The van der Waals surface area contributed by atoms with Gasteiger partial charge in [-0.3, -0.25) is 14.5 Å². The van der Waals surface area contributed by atoms with E-state index in [0.717, 1.165) is 68.3 Å². The van der Waals surface area contributed by atoms with Crippen LogP contribution in [0.1, 0.15) is 36.2 Å². The minimum absolute atomic E-state index is 0.0383. The number of fused-ring (bicyclic) bond motifs is 2. The smallest absolute Gasteiger partial charge is 0.261 e. The van der Waals surface area contributed by atoms with Crippen LogP contribution < -0.4 is 20.3 Å². The minimum atomic E-state index is -0.289. The summed E-state index contributed by atoms with van der Waals surface area (Å²) in [6.45, 7) is 7.97. The number of hydrogen-bond donors (Lipinski definition) is 2. The summed E-state index contributed by atoms with van der Waals surface area (Å²) in [6, 6.07) is 5.82. The van der Waals surface area contributed by atoms with E-state index in [2.05, 4.69) is 44.4 Å². The van der Waals surface area contributed by atoms with E-state index < -0.39 is 0 Å². The molecule has 2 N–H and O–H groups in total. The van der Waals surface area contributed by atoms with Crippen molar-refractivity contribution >= 4 is 28.8 Å². The normalized spacial score (nSPS) is 21.6. The van der Waals surface area contributed by atoms with Gasteiger partial charge in [-0.1, -0.05) is 0 Å². The van der Waals surface area contributed by atoms with Gasteiger partial charge in [0, 0.05) is 63.2 Å². The van der Waals surface area contributed by atoms with Crippen molar-refractivity contribution < 1.29 is 14.3 Å². The van der Waals surface area contributed by atoms with Crippen molar-refractivity contribution in [2.45, 2.75) is 38.3 Å². The molecule has 1 atom stereocenters. The number of piperazine rings is 1. The van der Waals surface area contributed by atoms with Crippen LogP contribution in [0, 0.1) is 0 Å². The van der Waals surface area contributed by atoms with Gasteiger partial charge in [-0.25, -0.2) is 9.50 Å². The van der Waals surface area contributed by atoms with Crippen LogP contribution in [0.5, 0.6) is 5.75 Å². The van der Waals surface area contributed by atoms with Gasteiger partial charge in [0.2, 0.25) is 5.91 Å². The van der Waals surface area contributed by atoms with E-state index in [4.69, 9.17) is 4.74 Å². The summed E-state index contributed by atoms with van der Waals surface area (Å²) >= 11 is 0. The Kier molecular flexibility index (Phi) is 5.14. The summed E-state index contributed by atoms with van der Waals surface area (Å²) in [6.07, 6.45) is 6.59. The molecule has 2 amide bonds. The summed E-state index contributed by atoms with van der Waals surface area (Å²) in [5.41, 5.74) is 3.40. The molecule has 1 unspecified atom stereocenters. The van der Waals surface area contributed by atoms with Crippen LogP contribution >= 0.6 is 0 Å². The van der Waals surface area contributed by atoms with Gasteiger partial charge >= 0.3 is 0 Å². The largest absolute Gasteiger partial charge is 0.487 e. The number of nitrogens with zero attached hydrogens (tertiary/aromatic N) is 5. The molecular weight excluding hydrogens is 446 g/mol. The molecule has 3 aliphatic rings. The second-order valence-electron chi connectivity index (χ2n) is 10.0. The van der Waals surface area contributed by atoms with Crippen LogP contribution in [0.2, 0.25) is 0 Å². The molecule has 2 saturated heterocycles. The third-order valence-electron chi connectivity index (χ3n) is 7.07. The molecular formula is C25H29N7O3. The highest BCUT2D eigenvalue weighted by Gasteiger charge is 2.35. The second kappa shape index (κ2) is 8.23. The molecule has 6 rings (SSSR count). The number of nitrogens with one attached hydrogen (secondary N) is 2. The van der Waals surface area contributed by atoms with Gasteiger partial charge < -0.3 is 20.3 Å². The van der Waals surface area contributed by atoms with E-state index in [1.165, 1.54) is 0 Å². The summed E-state index contributed by atoms with van der Waals surface area (Å²) in [7, 11) is 0. The molecule has 0 aliphatic carbocycles. The monoisotopic (exact) mass is 475 g/mol. The summed E-state index contributed by atoms with van der Waals surface area (Å²) < 4.78 is 7.80. The van der Waals surface area contributed by atoms with E-state index in [-0.39, 0.29) is 23.5 Å². The Morgan fingerprint density at radius 1 is 1.23 bits per heavy atom. The maximum atomic E-state index is 13.3. The lowest BCUT2D eigenvalue weighted by Crippen LogP contribution is -2.52. The first-order valence-electron chi connectivity index (χ1n) is 12.1. The second-order valence-corrected chi connectivity index (χ2v) is 10.0. The highest BCUT2D eigenvalue weighted by atomic mass is 16.5. The van der Waals surface area contributed by atoms with Crippen molar-refractivity contribution in [3.8, 4) is 5.75 Å². The number of benzene rings is 1. The topological polar surface area (TPSA) is 104 Å². The summed E-state index contributed by atoms with van der Waals surface area (Å²) in [5, 5.41) is 10.3. The predicted octanol–water partition coefficient (Wildman–Crippen LogP) is 1.71. The van der Waals surface area contributed by atoms with Crippen LogP contribution in [0.4, 0.5) is 11.4 Å². The number of carbonyl (C=O) groups is 2. The van der Waals surface area contributed by atoms with Gasteiger partial charge in [0.1, 0.15) is 16.9 Å². The Morgan fingerprint density at radius 3 is 2.83 bits per heavy atom. The van der Waals surface area contributed by atoms with Gasteiger partial charge in [0.15, 0.2) is 5.65 Å². The SMILES string of the molecule is CC1(C)Cc2cc(NC(=O)c3cnn4cccnc34)c(N3CCN(C4CCNC4=O)CC3)cc2O1. The molecule has 182 valence electrons. The van der Waals surface area contributed by atoms with Crippen LogP contribution in [0.15, 0.2) is 36.8 Å². The van der Waals surface area contributed by atoms with Crippen molar-refractivity contribution in [3.63, 3.8) is 0 Å². The van der Waals surface area contributed by atoms with E-state index in [1.54, 1.807) is 29.2 Å². The van der Waals surface area contributed by atoms with Crippen LogP contribution in [-0.2, 0) is 11.2 Å². The molecule has 2 aromatic heterocycles. The fraction of sp³-hybridized carbons (Fsp3) is 0.440. The Hall–Kier alpha value is -3.66. The fourth-order valence-electron chi connectivity index (χ4n) is 5.38. The Balaban J connectivity index is 1.28. The van der Waals surface area contributed by atoms with E-state index in [9.17, 15) is 9.59 Å². The zero-order valence-electron chi connectivity index (χ0n) is 20.0. The van der Waals surface area contributed by atoms with Crippen molar-refractivity contribution in [1.29, 1.82) is 0 Å². The molecule has 35 heavy (non-hydrogen) atoms. The maximum absolute atomic E-state index is 13.3. The number of carbonyl (C=O) groups excluding carboxylic acids is 2. The van der Waals surface area contributed by atoms with Crippen molar-refractivity contribution in [3.05, 3.63) is 47.9 Å². The van der Waals surface area contributed by atoms with Crippen molar-refractivity contribution in [2.75, 3.05) is 42.9 Å². The predicted molar refractivity (Wildman–Crippen MR) is 131 cm³/mol. The molecule has 10 heteroatoms. The Bertz CT molecular complexity index is 1310. The quantitative estimate of drug-likeness (QED) is 0.592. The standard InChI is InChI=1S/C25H29N7O3/c1-25(2)14-16-12-18(29-23(33)17-15-28-32-7-3-5-26-22(17)32)20(13-21(16)35-25)31-10-8-30(9-11-31)19-4-6-27-24(19)34/h3,5,7,12-13,15,19H,4,6,8-11,14H2,1-2H3,(H,27,34)(H,29,33). The van der Waals surface area contributed by atoms with Gasteiger partial charge in [-0.15, -0.1) is 0 Å². The fourth-order valence-corrected chi connectivity index (χ4v) is 5.38. The summed E-state index contributed by atoms with van der Waals surface area (Å²) in [5.74, 6) is 0.735. The molecule has 0 radical (unpaired) electrons. The van der Waals surface area contributed by atoms with Crippen LogP contribution in [-0.4, -0.2) is 75.7 Å². The Morgan fingerprint density at radius 2 is 2.06 bits per heavy atom. The molecule has 10 nitrogen and oxygen atoms in total. The van der Waals surface area contributed by atoms with Gasteiger partial charge in [0.05, 0.1) is 23.6 Å². The highest BCUT2D eigenvalue weighted by molar-refractivity contribution is 6.09. The maximum Gasteiger partial charge on any atom is 0.261 e. The third-order valence-corrected chi connectivity index (χ3v) is 7.07. The first-order chi connectivity index (χ1) is 16.9. The van der Waals surface area contributed by atoms with E-state index in [0.29, 0.717) is 11.2 Å². The van der Waals surface area contributed by atoms with E-state index >= 15 is 0 Å². The Labute approximate surface area is 203 Å². The number of rotatable bonds is 4. The molecule has 0 saturated carbocycles. The van der Waals surface area contributed by atoms with Crippen LogP contribution in [0.25, 0.3) is 5.65 Å². The zero-order valence-corrected chi connectivity index (χ0v) is 20.0.